The molecule has 1 aromatic heterocycles. The molecule has 2 amide bonds. The maximum atomic E-state index is 12.3. The van der Waals surface area contributed by atoms with Gasteiger partial charge in [-0.1, -0.05) is 18.2 Å². The zero-order chi connectivity index (χ0) is 22.1. The lowest BCUT2D eigenvalue weighted by Gasteiger charge is -2.11. The average Bonchev–Trinajstić information content (AvgIpc) is 2.77. The van der Waals surface area contributed by atoms with E-state index >= 15 is 0 Å². The summed E-state index contributed by atoms with van der Waals surface area (Å²) in [5.41, 5.74) is 2.72. The monoisotopic (exact) mass is 417 g/mol. The Balaban J connectivity index is 1.59. The molecule has 0 aliphatic carbocycles. The van der Waals surface area contributed by atoms with Gasteiger partial charge in [0, 0.05) is 24.9 Å². The number of nitrogens with one attached hydrogen (secondary N) is 2. The Labute approximate surface area is 180 Å². The van der Waals surface area contributed by atoms with E-state index < -0.39 is 0 Å². The van der Waals surface area contributed by atoms with Gasteiger partial charge in [-0.25, -0.2) is 0 Å². The number of pyridine rings is 1. The summed E-state index contributed by atoms with van der Waals surface area (Å²) in [6.45, 7) is 1.80. The normalized spacial score (nSPS) is 10.5. The highest BCUT2D eigenvalue weighted by molar-refractivity contribution is 6.03. The van der Waals surface area contributed by atoms with Crippen LogP contribution in [0.2, 0.25) is 0 Å². The number of ether oxygens (including phenoxy) is 2. The summed E-state index contributed by atoms with van der Waals surface area (Å²) in [4.78, 5) is 27.8. The molecular formula is C24H23N3O4. The van der Waals surface area contributed by atoms with Gasteiger partial charge in [0.1, 0.15) is 18.1 Å². The van der Waals surface area contributed by atoms with Crippen LogP contribution in [-0.4, -0.2) is 23.9 Å². The molecule has 0 radical (unpaired) electrons. The molecule has 158 valence electrons. The van der Waals surface area contributed by atoms with Crippen molar-refractivity contribution in [1.82, 2.24) is 4.98 Å². The van der Waals surface area contributed by atoms with Crippen molar-refractivity contribution in [2.75, 3.05) is 17.7 Å². The summed E-state index contributed by atoms with van der Waals surface area (Å²) in [6.07, 6.45) is 4.85. The van der Waals surface area contributed by atoms with Gasteiger partial charge in [0.25, 0.3) is 0 Å². The largest absolute Gasteiger partial charge is 0.495 e. The average molecular weight is 417 g/mol. The molecule has 3 aromatic rings. The third-order valence-corrected chi connectivity index (χ3v) is 4.20. The van der Waals surface area contributed by atoms with Crippen LogP contribution < -0.4 is 20.1 Å². The smallest absolute Gasteiger partial charge is 0.248 e. The van der Waals surface area contributed by atoms with Gasteiger partial charge in [0.15, 0.2) is 0 Å². The minimum Gasteiger partial charge on any atom is -0.495 e. The Bertz CT molecular complexity index is 1060. The fourth-order valence-electron chi connectivity index (χ4n) is 2.75. The molecule has 0 saturated heterocycles. The van der Waals surface area contributed by atoms with Crippen LogP contribution in [0.4, 0.5) is 11.4 Å². The van der Waals surface area contributed by atoms with Gasteiger partial charge >= 0.3 is 0 Å². The summed E-state index contributed by atoms with van der Waals surface area (Å²) >= 11 is 0. The lowest BCUT2D eigenvalue weighted by molar-refractivity contribution is -0.114. The topological polar surface area (TPSA) is 89.6 Å². The summed E-state index contributed by atoms with van der Waals surface area (Å²) in [5.74, 6) is 0.681. The van der Waals surface area contributed by atoms with Gasteiger partial charge in [0.2, 0.25) is 11.8 Å². The standard InChI is InChI=1S/C24H23N3O4/c1-17(28)26-19-9-12-23(30-2)22(15-19)27-24(29)13-8-18-6-10-21(11-7-18)31-16-20-5-3-4-14-25-20/h3-15H,16H2,1-2H3,(H,26,28)(H,27,29)/b13-8+. The Kier molecular flexibility index (Phi) is 7.37. The highest BCUT2D eigenvalue weighted by Gasteiger charge is 2.08. The first-order valence-electron chi connectivity index (χ1n) is 9.61. The Morgan fingerprint density at radius 1 is 1.03 bits per heavy atom. The van der Waals surface area contributed by atoms with Gasteiger partial charge in [-0.2, -0.15) is 0 Å². The van der Waals surface area contributed by atoms with E-state index in [4.69, 9.17) is 9.47 Å². The molecule has 2 aromatic carbocycles. The predicted molar refractivity (Wildman–Crippen MR) is 120 cm³/mol. The highest BCUT2D eigenvalue weighted by Crippen LogP contribution is 2.28. The fourth-order valence-corrected chi connectivity index (χ4v) is 2.75. The molecule has 0 unspecified atom stereocenters. The molecule has 31 heavy (non-hydrogen) atoms. The van der Waals surface area contributed by atoms with E-state index in [9.17, 15) is 9.59 Å². The first-order valence-corrected chi connectivity index (χ1v) is 9.61. The van der Waals surface area contributed by atoms with E-state index in [-0.39, 0.29) is 11.8 Å². The van der Waals surface area contributed by atoms with Crippen molar-refractivity contribution in [1.29, 1.82) is 0 Å². The van der Waals surface area contributed by atoms with Gasteiger partial charge in [-0.3, -0.25) is 14.6 Å². The summed E-state index contributed by atoms with van der Waals surface area (Å²) in [6, 6.07) is 18.1. The quantitative estimate of drug-likeness (QED) is 0.534. The molecule has 0 aliphatic heterocycles. The first-order chi connectivity index (χ1) is 15.0. The van der Waals surface area contributed by atoms with E-state index in [0.29, 0.717) is 29.5 Å². The summed E-state index contributed by atoms with van der Waals surface area (Å²) in [7, 11) is 1.51. The molecule has 0 spiro atoms. The van der Waals surface area contributed by atoms with Crippen molar-refractivity contribution in [3.8, 4) is 11.5 Å². The van der Waals surface area contributed by atoms with Crippen LogP contribution in [0.5, 0.6) is 11.5 Å². The van der Waals surface area contributed by atoms with Crippen LogP contribution in [0.3, 0.4) is 0 Å². The second kappa shape index (κ2) is 10.6. The lowest BCUT2D eigenvalue weighted by Crippen LogP contribution is -2.10. The second-order valence-corrected chi connectivity index (χ2v) is 6.60. The molecule has 0 bridgehead atoms. The molecule has 2 N–H and O–H groups in total. The van der Waals surface area contributed by atoms with Gasteiger partial charge in [0.05, 0.1) is 18.5 Å². The minimum atomic E-state index is -0.325. The van der Waals surface area contributed by atoms with E-state index in [1.807, 2.05) is 42.5 Å². The van der Waals surface area contributed by atoms with Crippen LogP contribution in [-0.2, 0) is 16.2 Å². The molecule has 0 fully saturated rings. The number of hydrogen-bond acceptors (Lipinski definition) is 5. The number of carbonyl (C=O) groups is 2. The molecule has 7 heteroatoms. The number of anilines is 2. The number of hydrogen-bond donors (Lipinski definition) is 2. The third kappa shape index (κ3) is 6.71. The minimum absolute atomic E-state index is 0.199. The zero-order valence-electron chi connectivity index (χ0n) is 17.3. The van der Waals surface area contributed by atoms with Gasteiger partial charge < -0.3 is 20.1 Å². The van der Waals surface area contributed by atoms with Crippen molar-refractivity contribution >= 4 is 29.3 Å². The van der Waals surface area contributed by atoms with Gasteiger partial charge in [-0.05, 0) is 54.1 Å². The molecule has 7 nitrogen and oxygen atoms in total. The first kappa shape index (κ1) is 21.6. The lowest BCUT2D eigenvalue weighted by atomic mass is 10.2. The maximum absolute atomic E-state index is 12.3. The van der Waals surface area contributed by atoms with Crippen LogP contribution in [0.1, 0.15) is 18.2 Å². The number of nitrogens with zero attached hydrogens (tertiary/aromatic N) is 1. The van der Waals surface area contributed by atoms with E-state index in [0.717, 1.165) is 11.3 Å². The number of rotatable bonds is 8. The van der Waals surface area contributed by atoms with E-state index in [2.05, 4.69) is 15.6 Å². The maximum Gasteiger partial charge on any atom is 0.248 e. The van der Waals surface area contributed by atoms with Crippen LogP contribution >= 0.6 is 0 Å². The predicted octanol–water partition coefficient (Wildman–Crippen LogP) is 4.28. The summed E-state index contributed by atoms with van der Waals surface area (Å²) in [5, 5.41) is 5.44. The fraction of sp³-hybridized carbons (Fsp3) is 0.125. The van der Waals surface area contributed by atoms with Crippen molar-refractivity contribution in [2.45, 2.75) is 13.5 Å². The van der Waals surface area contributed by atoms with Crippen LogP contribution in [0, 0.1) is 0 Å². The zero-order valence-corrected chi connectivity index (χ0v) is 17.3. The molecule has 3 rings (SSSR count). The van der Waals surface area contributed by atoms with Crippen LogP contribution in [0.25, 0.3) is 6.08 Å². The van der Waals surface area contributed by atoms with Crippen molar-refractivity contribution < 1.29 is 19.1 Å². The number of aromatic nitrogens is 1. The van der Waals surface area contributed by atoms with Crippen molar-refractivity contribution in [3.05, 3.63) is 84.2 Å². The molecule has 1 heterocycles. The number of benzene rings is 2. The Morgan fingerprint density at radius 3 is 2.52 bits per heavy atom. The van der Waals surface area contributed by atoms with Gasteiger partial charge in [-0.15, -0.1) is 0 Å². The van der Waals surface area contributed by atoms with E-state index in [1.165, 1.54) is 20.1 Å². The number of carbonyl (C=O) groups excluding carboxylic acids is 2. The SMILES string of the molecule is COc1ccc(NC(C)=O)cc1NC(=O)/C=C/c1ccc(OCc2ccccn2)cc1. The third-order valence-electron chi connectivity index (χ3n) is 4.20. The number of amides is 2. The molecule has 0 aliphatic rings. The summed E-state index contributed by atoms with van der Waals surface area (Å²) < 4.78 is 11.0. The van der Waals surface area contributed by atoms with Crippen LogP contribution in [0.15, 0.2) is 72.9 Å². The Hall–Kier alpha value is -4.13. The van der Waals surface area contributed by atoms with Crippen molar-refractivity contribution in [3.63, 3.8) is 0 Å². The molecule has 0 atom stereocenters. The Morgan fingerprint density at radius 2 is 1.84 bits per heavy atom. The molecular weight excluding hydrogens is 394 g/mol. The molecule has 0 saturated carbocycles. The number of methoxy groups -OCH3 is 1. The second-order valence-electron chi connectivity index (χ2n) is 6.60. The highest BCUT2D eigenvalue weighted by atomic mass is 16.5. The van der Waals surface area contributed by atoms with Crippen molar-refractivity contribution in [2.24, 2.45) is 0 Å². The van der Waals surface area contributed by atoms with E-state index in [1.54, 1.807) is 30.5 Å².